The molecule has 0 radical (unpaired) electrons. The number of halogens is 1. The van der Waals surface area contributed by atoms with Gasteiger partial charge in [0.1, 0.15) is 0 Å². The number of benzene rings is 2. The van der Waals surface area contributed by atoms with Crippen LogP contribution in [0.3, 0.4) is 0 Å². The summed E-state index contributed by atoms with van der Waals surface area (Å²) in [6.45, 7) is 1.75. The Bertz CT molecular complexity index is 854. The van der Waals surface area contributed by atoms with Crippen LogP contribution < -0.4 is 10.2 Å². The molecule has 1 heterocycles. The molecule has 3 rings (SSSR count). The summed E-state index contributed by atoms with van der Waals surface area (Å²) in [4.78, 5) is 38.2. The number of nitrogens with one attached hydrogen (secondary N) is 1. The minimum Gasteiger partial charge on any atom is -0.455 e. The van der Waals surface area contributed by atoms with Crippen molar-refractivity contribution in [2.75, 3.05) is 18.1 Å². The summed E-state index contributed by atoms with van der Waals surface area (Å²) in [5, 5.41) is 2.79. The van der Waals surface area contributed by atoms with E-state index in [1.807, 2.05) is 61.5 Å². The molecule has 1 saturated heterocycles. The number of carbonyl (C=O) groups is 3. The predicted octanol–water partition coefficient (Wildman–Crippen LogP) is 3.22. The first-order valence-corrected chi connectivity index (χ1v) is 9.80. The molecule has 2 aromatic carbocycles. The molecule has 0 aromatic heterocycles. The van der Waals surface area contributed by atoms with Crippen molar-refractivity contribution in [3.05, 3.63) is 64.6 Å². The number of anilines is 1. The van der Waals surface area contributed by atoms with Crippen LogP contribution in [-0.4, -0.2) is 30.9 Å². The molecule has 2 amide bonds. The topological polar surface area (TPSA) is 75.7 Å². The summed E-state index contributed by atoms with van der Waals surface area (Å²) in [5.41, 5.74) is 1.70. The van der Waals surface area contributed by atoms with E-state index in [9.17, 15) is 14.4 Å². The van der Waals surface area contributed by atoms with E-state index in [1.54, 1.807) is 4.90 Å². The number of ether oxygens (including phenoxy) is 1. The fourth-order valence-corrected chi connectivity index (χ4v) is 3.36. The maximum Gasteiger partial charge on any atom is 0.311 e. The van der Waals surface area contributed by atoms with Crippen molar-refractivity contribution < 1.29 is 19.1 Å². The van der Waals surface area contributed by atoms with E-state index >= 15 is 0 Å². The molecule has 1 fully saturated rings. The smallest absolute Gasteiger partial charge is 0.311 e. The minimum absolute atomic E-state index is 0.0803. The molecule has 28 heavy (non-hydrogen) atoms. The van der Waals surface area contributed by atoms with Gasteiger partial charge < -0.3 is 15.0 Å². The van der Waals surface area contributed by atoms with Crippen LogP contribution in [-0.2, 0) is 19.1 Å². The van der Waals surface area contributed by atoms with E-state index in [1.165, 1.54) is 0 Å². The molecule has 1 N–H and O–H groups in total. The maximum atomic E-state index is 12.3. The molecule has 1 aliphatic heterocycles. The van der Waals surface area contributed by atoms with Crippen LogP contribution >= 0.6 is 15.9 Å². The number of hydrogen-bond donors (Lipinski definition) is 1. The van der Waals surface area contributed by atoms with Crippen molar-refractivity contribution in [3.8, 4) is 0 Å². The lowest BCUT2D eigenvalue weighted by Crippen LogP contribution is -2.32. The zero-order chi connectivity index (χ0) is 20.1. The van der Waals surface area contributed by atoms with Crippen LogP contribution in [0.25, 0.3) is 0 Å². The highest BCUT2D eigenvalue weighted by Crippen LogP contribution is 2.27. The van der Waals surface area contributed by atoms with Gasteiger partial charge in [-0.15, -0.1) is 0 Å². The molecule has 2 aromatic rings. The zero-order valence-electron chi connectivity index (χ0n) is 15.4. The summed E-state index contributed by atoms with van der Waals surface area (Å²) in [6.07, 6.45) is 0.0803. The predicted molar refractivity (Wildman–Crippen MR) is 109 cm³/mol. The second kappa shape index (κ2) is 9.01. The summed E-state index contributed by atoms with van der Waals surface area (Å²) in [6, 6.07) is 16.6. The molecule has 2 atom stereocenters. The fourth-order valence-electron chi connectivity index (χ4n) is 3.10. The Balaban J connectivity index is 1.49. The van der Waals surface area contributed by atoms with Gasteiger partial charge in [-0.2, -0.15) is 0 Å². The molecule has 0 aliphatic carbocycles. The summed E-state index contributed by atoms with van der Waals surface area (Å²) < 4.78 is 6.05. The van der Waals surface area contributed by atoms with Crippen molar-refractivity contribution in [2.24, 2.45) is 5.92 Å². The van der Waals surface area contributed by atoms with E-state index in [0.29, 0.717) is 0 Å². The summed E-state index contributed by atoms with van der Waals surface area (Å²) in [7, 11) is 0. The van der Waals surface area contributed by atoms with Gasteiger partial charge in [0.25, 0.3) is 5.91 Å². The van der Waals surface area contributed by atoms with Gasteiger partial charge in [0.2, 0.25) is 5.91 Å². The van der Waals surface area contributed by atoms with Gasteiger partial charge in [-0.05, 0) is 36.8 Å². The van der Waals surface area contributed by atoms with E-state index in [-0.39, 0.29) is 37.4 Å². The third-order valence-electron chi connectivity index (χ3n) is 4.62. The van der Waals surface area contributed by atoms with E-state index < -0.39 is 11.9 Å². The quantitative estimate of drug-likeness (QED) is 0.693. The van der Waals surface area contributed by atoms with Crippen LogP contribution in [0, 0.1) is 5.92 Å². The first-order chi connectivity index (χ1) is 13.4. The van der Waals surface area contributed by atoms with Crippen molar-refractivity contribution >= 4 is 39.4 Å². The lowest BCUT2D eigenvalue weighted by Gasteiger charge is -2.17. The highest BCUT2D eigenvalue weighted by atomic mass is 79.9. The fraction of sp³-hybridized carbons (Fsp3) is 0.286. The van der Waals surface area contributed by atoms with Gasteiger partial charge in [0.15, 0.2) is 6.61 Å². The number of amides is 2. The SMILES string of the molecule is C[C@H](NC(=O)COC(=O)[C@H]1CC(=O)N(c2ccc(Br)cc2)C1)c1ccccc1. The van der Waals surface area contributed by atoms with Crippen LogP contribution in [0.4, 0.5) is 5.69 Å². The lowest BCUT2D eigenvalue weighted by molar-refractivity contribution is -0.152. The van der Waals surface area contributed by atoms with E-state index in [0.717, 1.165) is 15.7 Å². The van der Waals surface area contributed by atoms with Gasteiger partial charge in [-0.25, -0.2) is 0 Å². The molecule has 1 aliphatic rings. The number of carbonyl (C=O) groups excluding carboxylic acids is 3. The van der Waals surface area contributed by atoms with Gasteiger partial charge in [-0.3, -0.25) is 14.4 Å². The number of nitrogens with zero attached hydrogens (tertiary/aromatic N) is 1. The Morgan fingerprint density at radius 2 is 1.86 bits per heavy atom. The molecule has 0 saturated carbocycles. The van der Waals surface area contributed by atoms with Gasteiger partial charge in [0.05, 0.1) is 12.0 Å². The molecule has 0 unspecified atom stereocenters. The normalized spacial score (nSPS) is 17.3. The second-order valence-corrected chi connectivity index (χ2v) is 7.61. The number of rotatable bonds is 6. The van der Waals surface area contributed by atoms with E-state index in [4.69, 9.17) is 4.74 Å². The molecular weight excluding hydrogens is 424 g/mol. The molecule has 0 bridgehead atoms. The first-order valence-electron chi connectivity index (χ1n) is 9.01. The summed E-state index contributed by atoms with van der Waals surface area (Å²) >= 11 is 3.35. The average molecular weight is 445 g/mol. The third kappa shape index (κ3) is 4.98. The van der Waals surface area contributed by atoms with Crippen molar-refractivity contribution in [1.29, 1.82) is 0 Å². The third-order valence-corrected chi connectivity index (χ3v) is 5.15. The Morgan fingerprint density at radius 3 is 2.54 bits per heavy atom. The largest absolute Gasteiger partial charge is 0.455 e. The zero-order valence-corrected chi connectivity index (χ0v) is 17.0. The van der Waals surface area contributed by atoms with Crippen molar-refractivity contribution in [3.63, 3.8) is 0 Å². The van der Waals surface area contributed by atoms with Gasteiger partial charge in [-0.1, -0.05) is 46.3 Å². The highest BCUT2D eigenvalue weighted by molar-refractivity contribution is 9.10. The highest BCUT2D eigenvalue weighted by Gasteiger charge is 2.36. The Labute approximate surface area is 172 Å². The van der Waals surface area contributed by atoms with E-state index in [2.05, 4.69) is 21.2 Å². The summed E-state index contributed by atoms with van der Waals surface area (Å²) in [5.74, 6) is -1.61. The van der Waals surface area contributed by atoms with Crippen LogP contribution in [0.1, 0.15) is 24.9 Å². The monoisotopic (exact) mass is 444 g/mol. The van der Waals surface area contributed by atoms with Crippen LogP contribution in [0.5, 0.6) is 0 Å². The second-order valence-electron chi connectivity index (χ2n) is 6.69. The molecule has 6 nitrogen and oxygen atoms in total. The minimum atomic E-state index is -0.574. The molecule has 7 heteroatoms. The average Bonchev–Trinajstić information content (AvgIpc) is 3.09. The van der Waals surface area contributed by atoms with Gasteiger partial charge in [0, 0.05) is 23.1 Å². The Kier molecular flexibility index (Phi) is 6.46. The Morgan fingerprint density at radius 1 is 1.18 bits per heavy atom. The molecule has 0 spiro atoms. The van der Waals surface area contributed by atoms with Crippen LogP contribution in [0.15, 0.2) is 59.1 Å². The first kappa shape index (κ1) is 20.1. The van der Waals surface area contributed by atoms with Crippen LogP contribution in [0.2, 0.25) is 0 Å². The Hall–Kier alpha value is -2.67. The standard InChI is InChI=1S/C21H21BrN2O4/c1-14(15-5-3-2-4-6-15)23-19(25)13-28-21(27)16-11-20(26)24(12-16)18-9-7-17(22)8-10-18/h2-10,14,16H,11-13H2,1H3,(H,23,25)/t14-,16-/m0/s1. The maximum absolute atomic E-state index is 12.3. The van der Waals surface area contributed by atoms with Gasteiger partial charge >= 0.3 is 5.97 Å². The van der Waals surface area contributed by atoms with Crippen molar-refractivity contribution in [2.45, 2.75) is 19.4 Å². The lowest BCUT2D eigenvalue weighted by atomic mass is 10.1. The number of esters is 1. The molecule has 146 valence electrons. The molecular formula is C21H21BrN2O4. The van der Waals surface area contributed by atoms with Crippen molar-refractivity contribution in [1.82, 2.24) is 5.32 Å². The number of hydrogen-bond acceptors (Lipinski definition) is 4.